The van der Waals surface area contributed by atoms with Crippen molar-refractivity contribution in [2.24, 2.45) is 5.73 Å². The van der Waals surface area contributed by atoms with Crippen molar-refractivity contribution in [3.8, 4) is 0 Å². The number of nitrogens with zero attached hydrogens (tertiary/aromatic N) is 1. The highest BCUT2D eigenvalue weighted by Gasteiger charge is 2.16. The Morgan fingerprint density at radius 1 is 1.36 bits per heavy atom. The molecule has 6 heteroatoms. The van der Waals surface area contributed by atoms with Crippen LogP contribution in [0, 0.1) is 0 Å². The number of aromatic carboxylic acids is 1. The minimum atomic E-state index is -1.25. The normalized spacial score (nSPS) is 12.1. The van der Waals surface area contributed by atoms with Gasteiger partial charge in [0.2, 0.25) is 0 Å². The standard InChI is InChI=1S/C8H8N2O4/c9-6(8(13)14)4-1-5(7(11)12)3-10-2-4/h1-3,6H,9H2,(H,11,12)(H,13,14)/t6-/m0/s1. The molecule has 0 saturated carbocycles. The van der Waals surface area contributed by atoms with Gasteiger partial charge in [-0.25, -0.2) is 4.79 Å². The number of carbonyl (C=O) groups is 2. The zero-order valence-electron chi connectivity index (χ0n) is 7.04. The van der Waals surface area contributed by atoms with Gasteiger partial charge in [-0.15, -0.1) is 0 Å². The molecule has 74 valence electrons. The summed E-state index contributed by atoms with van der Waals surface area (Å²) in [4.78, 5) is 24.6. The average molecular weight is 196 g/mol. The van der Waals surface area contributed by atoms with Crippen LogP contribution in [0.1, 0.15) is 22.0 Å². The van der Waals surface area contributed by atoms with Gasteiger partial charge >= 0.3 is 11.9 Å². The molecule has 0 aliphatic carbocycles. The summed E-state index contributed by atoms with van der Waals surface area (Å²) in [6.45, 7) is 0. The maximum atomic E-state index is 10.5. The van der Waals surface area contributed by atoms with Crippen LogP contribution in [-0.2, 0) is 4.79 Å². The molecule has 1 rings (SSSR count). The van der Waals surface area contributed by atoms with Crippen molar-refractivity contribution >= 4 is 11.9 Å². The highest BCUT2D eigenvalue weighted by Crippen LogP contribution is 2.10. The predicted octanol–water partition coefficient (Wildman–Crippen LogP) is -0.136. The molecule has 1 atom stereocenters. The van der Waals surface area contributed by atoms with E-state index >= 15 is 0 Å². The van der Waals surface area contributed by atoms with E-state index < -0.39 is 18.0 Å². The molecule has 0 unspecified atom stereocenters. The zero-order chi connectivity index (χ0) is 10.7. The maximum Gasteiger partial charge on any atom is 0.337 e. The number of hydrogen-bond acceptors (Lipinski definition) is 4. The second kappa shape index (κ2) is 3.84. The summed E-state index contributed by atoms with van der Waals surface area (Å²) in [5, 5.41) is 17.2. The fourth-order valence-electron chi connectivity index (χ4n) is 0.887. The molecule has 0 bridgehead atoms. The van der Waals surface area contributed by atoms with Crippen molar-refractivity contribution in [3.05, 3.63) is 29.6 Å². The molecule has 0 spiro atoms. The lowest BCUT2D eigenvalue weighted by Gasteiger charge is -2.05. The van der Waals surface area contributed by atoms with Gasteiger partial charge in [0.1, 0.15) is 6.04 Å². The molecule has 4 N–H and O–H groups in total. The fraction of sp³-hybridized carbons (Fsp3) is 0.125. The smallest absolute Gasteiger partial charge is 0.337 e. The van der Waals surface area contributed by atoms with E-state index in [1.807, 2.05) is 0 Å². The maximum absolute atomic E-state index is 10.5. The van der Waals surface area contributed by atoms with Crippen LogP contribution in [0.2, 0.25) is 0 Å². The van der Waals surface area contributed by atoms with Gasteiger partial charge < -0.3 is 15.9 Å². The summed E-state index contributed by atoms with van der Waals surface area (Å²) in [6.07, 6.45) is 2.35. The topological polar surface area (TPSA) is 114 Å². The van der Waals surface area contributed by atoms with Gasteiger partial charge in [0.15, 0.2) is 0 Å². The Bertz CT molecular complexity index is 377. The first-order valence-corrected chi connectivity index (χ1v) is 3.69. The Morgan fingerprint density at radius 2 is 2.00 bits per heavy atom. The van der Waals surface area contributed by atoms with Gasteiger partial charge in [0.25, 0.3) is 0 Å². The van der Waals surface area contributed by atoms with E-state index in [-0.39, 0.29) is 11.1 Å². The molecule has 1 aromatic rings. The van der Waals surface area contributed by atoms with E-state index in [9.17, 15) is 9.59 Å². The van der Waals surface area contributed by atoms with Crippen LogP contribution < -0.4 is 5.73 Å². The first-order chi connectivity index (χ1) is 6.52. The van der Waals surface area contributed by atoms with E-state index in [0.29, 0.717) is 0 Å². The second-order valence-corrected chi connectivity index (χ2v) is 2.63. The summed E-state index contributed by atoms with van der Waals surface area (Å²) < 4.78 is 0. The number of rotatable bonds is 3. The lowest BCUT2D eigenvalue weighted by molar-refractivity contribution is -0.138. The Morgan fingerprint density at radius 3 is 2.50 bits per heavy atom. The molecule has 0 saturated heterocycles. The third-order valence-electron chi connectivity index (χ3n) is 1.63. The summed E-state index contributed by atoms with van der Waals surface area (Å²) in [6, 6.07) is -0.0597. The van der Waals surface area contributed by atoms with Crippen LogP contribution in [0.5, 0.6) is 0 Å². The summed E-state index contributed by atoms with van der Waals surface area (Å²) in [7, 11) is 0. The molecule has 0 radical (unpaired) electrons. The SMILES string of the molecule is N[C@H](C(=O)O)c1cncc(C(=O)O)c1. The fourth-order valence-corrected chi connectivity index (χ4v) is 0.887. The molecular weight excluding hydrogens is 188 g/mol. The largest absolute Gasteiger partial charge is 0.480 e. The highest BCUT2D eigenvalue weighted by molar-refractivity contribution is 5.87. The minimum absolute atomic E-state index is 0.0841. The van der Waals surface area contributed by atoms with Gasteiger partial charge in [0.05, 0.1) is 5.56 Å². The van der Waals surface area contributed by atoms with E-state index in [1.165, 1.54) is 12.3 Å². The molecule has 14 heavy (non-hydrogen) atoms. The first kappa shape index (κ1) is 10.1. The van der Waals surface area contributed by atoms with Gasteiger partial charge in [-0.1, -0.05) is 0 Å². The Labute approximate surface area is 79.0 Å². The molecule has 6 nitrogen and oxygen atoms in total. The number of nitrogens with two attached hydrogens (primary N) is 1. The first-order valence-electron chi connectivity index (χ1n) is 3.69. The van der Waals surface area contributed by atoms with Gasteiger partial charge in [-0.05, 0) is 11.6 Å². The van der Waals surface area contributed by atoms with Crippen LogP contribution in [0.15, 0.2) is 18.5 Å². The van der Waals surface area contributed by atoms with Crippen LogP contribution in [0.4, 0.5) is 0 Å². The molecular formula is C8H8N2O4. The van der Waals surface area contributed by atoms with Crippen molar-refractivity contribution in [1.82, 2.24) is 4.98 Å². The molecule has 0 fully saturated rings. The quantitative estimate of drug-likeness (QED) is 0.620. The third kappa shape index (κ3) is 2.05. The van der Waals surface area contributed by atoms with E-state index in [4.69, 9.17) is 15.9 Å². The lowest BCUT2D eigenvalue weighted by atomic mass is 10.1. The van der Waals surface area contributed by atoms with Crippen LogP contribution in [0.3, 0.4) is 0 Å². The summed E-state index contributed by atoms with van der Waals surface area (Å²) in [5.41, 5.74) is 5.35. The van der Waals surface area contributed by atoms with E-state index in [1.54, 1.807) is 0 Å². The van der Waals surface area contributed by atoms with Crippen LogP contribution in [-0.4, -0.2) is 27.1 Å². The van der Waals surface area contributed by atoms with Crippen LogP contribution >= 0.6 is 0 Å². The predicted molar refractivity (Wildman–Crippen MR) is 45.8 cm³/mol. The molecule has 1 aromatic heterocycles. The van der Waals surface area contributed by atoms with Gasteiger partial charge in [-0.3, -0.25) is 9.78 Å². The number of hydrogen-bond donors (Lipinski definition) is 3. The number of carboxylic acids is 2. The molecule has 0 amide bonds. The second-order valence-electron chi connectivity index (χ2n) is 2.63. The number of pyridine rings is 1. The van der Waals surface area contributed by atoms with E-state index in [2.05, 4.69) is 4.98 Å². The Kier molecular flexibility index (Phi) is 2.78. The minimum Gasteiger partial charge on any atom is -0.480 e. The molecule has 0 aromatic carbocycles. The number of carboxylic acid groups (broad SMARTS) is 2. The van der Waals surface area contributed by atoms with Crippen molar-refractivity contribution in [1.29, 1.82) is 0 Å². The number of aliphatic carboxylic acids is 1. The lowest BCUT2D eigenvalue weighted by Crippen LogP contribution is -2.21. The highest BCUT2D eigenvalue weighted by atomic mass is 16.4. The zero-order valence-corrected chi connectivity index (χ0v) is 7.04. The Balaban J connectivity index is 3.05. The van der Waals surface area contributed by atoms with E-state index in [0.717, 1.165) is 6.20 Å². The van der Waals surface area contributed by atoms with Crippen molar-refractivity contribution in [2.75, 3.05) is 0 Å². The molecule has 0 aliphatic heterocycles. The summed E-state index contributed by atoms with van der Waals surface area (Å²) >= 11 is 0. The van der Waals surface area contributed by atoms with Gasteiger partial charge in [0, 0.05) is 12.4 Å². The van der Waals surface area contributed by atoms with Crippen LogP contribution in [0.25, 0.3) is 0 Å². The molecule has 1 heterocycles. The Hall–Kier alpha value is -1.95. The van der Waals surface area contributed by atoms with Crippen molar-refractivity contribution in [3.63, 3.8) is 0 Å². The number of aromatic nitrogens is 1. The monoisotopic (exact) mass is 196 g/mol. The van der Waals surface area contributed by atoms with Gasteiger partial charge in [-0.2, -0.15) is 0 Å². The van der Waals surface area contributed by atoms with Crippen molar-refractivity contribution < 1.29 is 19.8 Å². The summed E-state index contributed by atoms with van der Waals surface area (Å²) in [5.74, 6) is -2.40. The average Bonchev–Trinajstić information content (AvgIpc) is 2.16. The van der Waals surface area contributed by atoms with Crippen molar-refractivity contribution in [2.45, 2.75) is 6.04 Å². The third-order valence-corrected chi connectivity index (χ3v) is 1.63. The molecule has 0 aliphatic rings.